The molecule has 3 rings (SSSR count). The smallest absolute Gasteiger partial charge is 0.257 e. The fourth-order valence-electron chi connectivity index (χ4n) is 2.26. The van der Waals surface area contributed by atoms with Crippen molar-refractivity contribution in [2.24, 2.45) is 0 Å². The Morgan fingerprint density at radius 1 is 1.19 bits per heavy atom. The van der Waals surface area contributed by atoms with Crippen molar-refractivity contribution in [3.8, 4) is 0 Å². The average Bonchev–Trinajstić information content (AvgIpc) is 3.09. The first-order valence-electron chi connectivity index (χ1n) is 7.85. The standard InChI is InChI=1S/C18H15Cl2N3O2S2/c1-25-9-11-4-2-5-12(8-11)16(24)21-17-22-23-18(27-17)26-10-13-14(19)6-3-7-15(13)20/h2-8H,9-10H2,1H3,(H,21,22,24). The van der Waals surface area contributed by atoms with Crippen LogP contribution >= 0.6 is 46.3 Å². The predicted molar refractivity (Wildman–Crippen MR) is 111 cm³/mol. The lowest BCUT2D eigenvalue weighted by Gasteiger charge is -2.04. The van der Waals surface area contributed by atoms with E-state index >= 15 is 0 Å². The van der Waals surface area contributed by atoms with Crippen molar-refractivity contribution in [3.05, 3.63) is 69.2 Å². The van der Waals surface area contributed by atoms with Gasteiger partial charge in [0, 0.05) is 28.5 Å². The van der Waals surface area contributed by atoms with Crippen LogP contribution in [0.15, 0.2) is 46.8 Å². The van der Waals surface area contributed by atoms with Crippen molar-refractivity contribution in [1.29, 1.82) is 0 Å². The molecule has 1 heterocycles. The van der Waals surface area contributed by atoms with Crippen molar-refractivity contribution < 1.29 is 9.53 Å². The minimum absolute atomic E-state index is 0.241. The summed E-state index contributed by atoms with van der Waals surface area (Å²) in [6.07, 6.45) is 0. The second kappa shape index (κ2) is 9.52. The van der Waals surface area contributed by atoms with Gasteiger partial charge in [-0.15, -0.1) is 10.2 Å². The van der Waals surface area contributed by atoms with Gasteiger partial charge in [-0.1, -0.05) is 64.5 Å². The van der Waals surface area contributed by atoms with Gasteiger partial charge in [0.25, 0.3) is 5.91 Å². The molecule has 1 N–H and O–H groups in total. The van der Waals surface area contributed by atoms with Crippen LogP contribution in [-0.2, 0) is 17.1 Å². The number of halogens is 2. The fourth-order valence-corrected chi connectivity index (χ4v) is 4.75. The molecular weight excluding hydrogens is 425 g/mol. The number of hydrogen-bond donors (Lipinski definition) is 1. The van der Waals surface area contributed by atoms with E-state index in [1.54, 1.807) is 37.4 Å². The van der Waals surface area contributed by atoms with Crippen molar-refractivity contribution in [1.82, 2.24) is 10.2 Å². The molecule has 0 unspecified atom stereocenters. The number of benzene rings is 2. The third kappa shape index (κ3) is 5.43. The summed E-state index contributed by atoms with van der Waals surface area (Å²) >= 11 is 15.1. The number of nitrogens with zero attached hydrogens (tertiary/aromatic N) is 2. The Kier molecular flexibility index (Phi) is 7.09. The highest BCUT2D eigenvalue weighted by Crippen LogP contribution is 2.33. The molecule has 5 nitrogen and oxygen atoms in total. The fraction of sp³-hybridized carbons (Fsp3) is 0.167. The van der Waals surface area contributed by atoms with Crippen molar-refractivity contribution >= 4 is 57.3 Å². The number of methoxy groups -OCH3 is 1. The molecule has 0 aliphatic rings. The summed E-state index contributed by atoms with van der Waals surface area (Å²) in [5.74, 6) is 0.329. The minimum Gasteiger partial charge on any atom is -0.380 e. The van der Waals surface area contributed by atoms with E-state index in [1.165, 1.54) is 23.1 Å². The highest BCUT2D eigenvalue weighted by Gasteiger charge is 2.12. The second-order valence-electron chi connectivity index (χ2n) is 5.45. The van der Waals surface area contributed by atoms with E-state index in [2.05, 4.69) is 15.5 Å². The van der Waals surface area contributed by atoms with E-state index < -0.39 is 0 Å². The molecule has 0 aliphatic heterocycles. The molecule has 0 spiro atoms. The summed E-state index contributed by atoms with van der Waals surface area (Å²) in [5, 5.41) is 12.6. The highest BCUT2D eigenvalue weighted by atomic mass is 35.5. The Morgan fingerprint density at radius 2 is 1.93 bits per heavy atom. The van der Waals surface area contributed by atoms with Gasteiger partial charge in [-0.25, -0.2) is 0 Å². The predicted octanol–water partition coefficient (Wildman–Crippen LogP) is 5.54. The molecule has 140 valence electrons. The summed E-state index contributed by atoms with van der Waals surface area (Å²) in [6, 6.07) is 12.6. The van der Waals surface area contributed by atoms with Gasteiger partial charge >= 0.3 is 0 Å². The number of carbonyl (C=O) groups is 1. The molecule has 2 aromatic carbocycles. The summed E-state index contributed by atoms with van der Waals surface area (Å²) in [4.78, 5) is 12.4. The van der Waals surface area contributed by atoms with Gasteiger partial charge in [0.2, 0.25) is 5.13 Å². The van der Waals surface area contributed by atoms with E-state index in [9.17, 15) is 4.79 Å². The number of amides is 1. The number of rotatable bonds is 7. The van der Waals surface area contributed by atoms with E-state index in [0.29, 0.717) is 33.1 Å². The molecule has 1 amide bonds. The number of nitrogens with one attached hydrogen (secondary N) is 1. The number of thioether (sulfide) groups is 1. The van der Waals surface area contributed by atoms with Crippen LogP contribution in [0, 0.1) is 0 Å². The Labute approximate surface area is 175 Å². The Hall–Kier alpha value is -1.64. The first-order valence-corrected chi connectivity index (χ1v) is 10.4. The van der Waals surface area contributed by atoms with Gasteiger partial charge < -0.3 is 4.74 Å². The maximum absolute atomic E-state index is 12.4. The molecule has 3 aromatic rings. The second-order valence-corrected chi connectivity index (χ2v) is 8.46. The topological polar surface area (TPSA) is 64.1 Å². The van der Waals surface area contributed by atoms with Gasteiger partial charge in [0.15, 0.2) is 4.34 Å². The maximum Gasteiger partial charge on any atom is 0.257 e. The Bertz CT molecular complexity index is 930. The van der Waals surface area contributed by atoms with E-state index in [0.717, 1.165) is 15.5 Å². The van der Waals surface area contributed by atoms with Gasteiger partial charge in [-0.05, 0) is 35.4 Å². The molecule has 0 saturated heterocycles. The molecule has 1 aromatic heterocycles. The Morgan fingerprint density at radius 3 is 2.67 bits per heavy atom. The zero-order valence-corrected chi connectivity index (χ0v) is 17.4. The number of hydrogen-bond acceptors (Lipinski definition) is 6. The summed E-state index contributed by atoms with van der Waals surface area (Å²) in [5.41, 5.74) is 2.31. The molecule has 0 aliphatic carbocycles. The molecule has 0 radical (unpaired) electrons. The minimum atomic E-state index is -0.241. The van der Waals surface area contributed by atoms with Crippen molar-refractivity contribution in [2.45, 2.75) is 16.7 Å². The lowest BCUT2D eigenvalue weighted by Crippen LogP contribution is -2.12. The quantitative estimate of drug-likeness (QED) is 0.386. The zero-order chi connectivity index (χ0) is 19.2. The van der Waals surface area contributed by atoms with Crippen molar-refractivity contribution in [3.63, 3.8) is 0 Å². The third-order valence-electron chi connectivity index (χ3n) is 3.53. The van der Waals surface area contributed by atoms with E-state index in [1.807, 2.05) is 12.1 Å². The monoisotopic (exact) mass is 439 g/mol. The van der Waals surface area contributed by atoms with Crippen LogP contribution in [0.1, 0.15) is 21.5 Å². The summed E-state index contributed by atoms with van der Waals surface area (Å²) in [6.45, 7) is 0.450. The van der Waals surface area contributed by atoms with Gasteiger partial charge in [0.1, 0.15) is 0 Å². The van der Waals surface area contributed by atoms with Crippen LogP contribution in [-0.4, -0.2) is 23.2 Å². The van der Waals surface area contributed by atoms with Gasteiger partial charge in [0.05, 0.1) is 6.61 Å². The Balaban J connectivity index is 1.62. The first-order chi connectivity index (χ1) is 13.1. The number of aromatic nitrogens is 2. The average molecular weight is 440 g/mol. The highest BCUT2D eigenvalue weighted by molar-refractivity contribution is 8.00. The van der Waals surface area contributed by atoms with Crippen LogP contribution in [0.5, 0.6) is 0 Å². The molecule has 0 fully saturated rings. The lowest BCUT2D eigenvalue weighted by atomic mass is 10.1. The van der Waals surface area contributed by atoms with Crippen LogP contribution in [0.4, 0.5) is 5.13 Å². The van der Waals surface area contributed by atoms with Crippen LogP contribution in [0.2, 0.25) is 10.0 Å². The number of anilines is 1. The van der Waals surface area contributed by atoms with E-state index in [4.69, 9.17) is 27.9 Å². The molecule has 0 atom stereocenters. The summed E-state index contributed by atoms with van der Waals surface area (Å²) in [7, 11) is 1.61. The number of carbonyl (C=O) groups excluding carboxylic acids is 1. The number of ether oxygens (including phenoxy) is 1. The molecule has 0 saturated carbocycles. The molecule has 9 heteroatoms. The molecule has 0 bridgehead atoms. The first kappa shape index (κ1) is 20.1. The van der Waals surface area contributed by atoms with Gasteiger partial charge in [-0.2, -0.15) is 0 Å². The normalized spacial score (nSPS) is 10.8. The lowest BCUT2D eigenvalue weighted by molar-refractivity contribution is 0.102. The zero-order valence-electron chi connectivity index (χ0n) is 14.2. The summed E-state index contributed by atoms with van der Waals surface area (Å²) < 4.78 is 5.81. The van der Waals surface area contributed by atoms with Crippen molar-refractivity contribution in [2.75, 3.05) is 12.4 Å². The molecular formula is C18H15Cl2N3O2S2. The third-order valence-corrected chi connectivity index (χ3v) is 6.24. The molecule has 27 heavy (non-hydrogen) atoms. The maximum atomic E-state index is 12.4. The van der Waals surface area contributed by atoms with Crippen LogP contribution < -0.4 is 5.32 Å². The van der Waals surface area contributed by atoms with Gasteiger partial charge in [-0.3, -0.25) is 10.1 Å². The van der Waals surface area contributed by atoms with Crippen LogP contribution in [0.25, 0.3) is 0 Å². The van der Waals surface area contributed by atoms with E-state index in [-0.39, 0.29) is 5.91 Å². The van der Waals surface area contributed by atoms with Crippen LogP contribution in [0.3, 0.4) is 0 Å². The SMILES string of the molecule is COCc1cccc(C(=O)Nc2nnc(SCc3c(Cl)cccc3Cl)s2)c1. The largest absolute Gasteiger partial charge is 0.380 e.